The number of nitrogens with one attached hydrogen (secondary N) is 1. The van der Waals surface area contributed by atoms with Crippen LogP contribution < -0.4 is 5.32 Å². The lowest BCUT2D eigenvalue weighted by Gasteiger charge is -2.43. The summed E-state index contributed by atoms with van der Waals surface area (Å²) in [5, 5.41) is 5.25. The summed E-state index contributed by atoms with van der Waals surface area (Å²) >= 11 is 5.06. The number of hydrogen-bond donors (Lipinski definition) is 1. The fourth-order valence-electron chi connectivity index (χ4n) is 2.53. The van der Waals surface area contributed by atoms with E-state index in [-0.39, 0.29) is 17.9 Å². The zero-order chi connectivity index (χ0) is 13.4. The van der Waals surface area contributed by atoms with Crippen LogP contribution in [0.2, 0.25) is 0 Å². The number of carbonyl (C=O) groups is 2. The van der Waals surface area contributed by atoms with Crippen LogP contribution in [0.15, 0.2) is 15.9 Å². The van der Waals surface area contributed by atoms with Gasteiger partial charge < -0.3 is 15.1 Å². The largest absolute Gasteiger partial charge is 0.327 e. The molecule has 1 N–H and O–H groups in total. The lowest BCUT2D eigenvalue weighted by molar-refractivity contribution is -0.160. The number of thiophene rings is 1. The van der Waals surface area contributed by atoms with Gasteiger partial charge in [0.05, 0.1) is 12.6 Å². The van der Waals surface area contributed by atoms with Gasteiger partial charge in [-0.05, 0) is 27.4 Å². The average molecular weight is 344 g/mol. The molecule has 1 aromatic heterocycles. The van der Waals surface area contributed by atoms with Gasteiger partial charge in [-0.1, -0.05) is 0 Å². The highest BCUT2D eigenvalue weighted by Gasteiger charge is 2.40. The summed E-state index contributed by atoms with van der Waals surface area (Å²) in [6.45, 7) is 3.29. The SMILES string of the molecule is O=C1C(=O)N2CCNCC2CN1Cc1sccc1Br. The summed E-state index contributed by atoms with van der Waals surface area (Å²) in [6, 6.07) is 2.07. The molecule has 1 aromatic rings. The highest BCUT2D eigenvalue weighted by molar-refractivity contribution is 9.10. The van der Waals surface area contributed by atoms with Crippen molar-refractivity contribution in [3.05, 3.63) is 20.8 Å². The van der Waals surface area contributed by atoms with Crippen molar-refractivity contribution in [2.75, 3.05) is 26.2 Å². The number of nitrogens with zero attached hydrogens (tertiary/aromatic N) is 2. The van der Waals surface area contributed by atoms with Crippen LogP contribution in [0.3, 0.4) is 0 Å². The van der Waals surface area contributed by atoms with Crippen molar-refractivity contribution in [1.29, 1.82) is 0 Å². The van der Waals surface area contributed by atoms with Crippen molar-refractivity contribution in [3.8, 4) is 0 Å². The van der Waals surface area contributed by atoms with Gasteiger partial charge in [-0.2, -0.15) is 0 Å². The van der Waals surface area contributed by atoms with E-state index in [9.17, 15) is 9.59 Å². The minimum absolute atomic E-state index is 0.109. The summed E-state index contributed by atoms with van der Waals surface area (Å²) in [7, 11) is 0. The Morgan fingerprint density at radius 1 is 1.42 bits per heavy atom. The molecule has 3 rings (SSSR count). The van der Waals surface area contributed by atoms with Crippen molar-refractivity contribution < 1.29 is 9.59 Å². The second-order valence-corrected chi connectivity index (χ2v) is 6.59. The predicted molar refractivity (Wildman–Crippen MR) is 75.8 cm³/mol. The summed E-state index contributed by atoms with van der Waals surface area (Å²) in [5.74, 6) is -0.733. The molecule has 0 saturated carbocycles. The molecule has 0 radical (unpaired) electrons. The van der Waals surface area contributed by atoms with E-state index in [1.807, 2.05) is 11.4 Å². The number of fused-ring (bicyclic) bond motifs is 1. The quantitative estimate of drug-likeness (QED) is 0.802. The summed E-state index contributed by atoms with van der Waals surface area (Å²) in [4.78, 5) is 28.7. The number of carbonyl (C=O) groups excluding carboxylic acids is 2. The van der Waals surface area contributed by atoms with E-state index in [1.165, 1.54) is 0 Å². The Morgan fingerprint density at radius 3 is 3.00 bits per heavy atom. The van der Waals surface area contributed by atoms with Crippen LogP contribution in [0.25, 0.3) is 0 Å². The molecule has 2 aliphatic heterocycles. The maximum atomic E-state index is 12.1. The molecule has 1 atom stereocenters. The van der Waals surface area contributed by atoms with Crippen LogP contribution in [-0.2, 0) is 16.1 Å². The smallest absolute Gasteiger partial charge is 0.312 e. The van der Waals surface area contributed by atoms with Crippen molar-refractivity contribution in [1.82, 2.24) is 15.1 Å². The van der Waals surface area contributed by atoms with Gasteiger partial charge in [0.15, 0.2) is 0 Å². The van der Waals surface area contributed by atoms with Gasteiger partial charge in [-0.3, -0.25) is 9.59 Å². The Morgan fingerprint density at radius 2 is 2.26 bits per heavy atom. The maximum absolute atomic E-state index is 12.1. The monoisotopic (exact) mass is 343 g/mol. The number of piperazine rings is 2. The number of hydrogen-bond acceptors (Lipinski definition) is 4. The molecule has 7 heteroatoms. The molecule has 3 heterocycles. The third-order valence-corrected chi connectivity index (χ3v) is 5.45. The Bertz CT molecular complexity index is 519. The molecule has 0 bridgehead atoms. The third kappa shape index (κ3) is 2.42. The molecular weight excluding hydrogens is 330 g/mol. The van der Waals surface area contributed by atoms with Gasteiger partial charge in [0.1, 0.15) is 0 Å². The summed E-state index contributed by atoms with van der Waals surface area (Å²) in [5.41, 5.74) is 0. The van der Waals surface area contributed by atoms with Crippen molar-refractivity contribution in [3.63, 3.8) is 0 Å². The zero-order valence-corrected chi connectivity index (χ0v) is 12.7. The molecule has 2 saturated heterocycles. The normalized spacial score (nSPS) is 23.7. The Hall–Kier alpha value is -0.920. The van der Waals surface area contributed by atoms with E-state index < -0.39 is 0 Å². The first-order valence-corrected chi connectivity index (χ1v) is 7.86. The van der Waals surface area contributed by atoms with E-state index in [4.69, 9.17) is 0 Å². The fraction of sp³-hybridized carbons (Fsp3) is 0.500. The summed E-state index contributed by atoms with van der Waals surface area (Å²) < 4.78 is 1.00. The topological polar surface area (TPSA) is 52.7 Å². The minimum Gasteiger partial charge on any atom is -0.327 e. The second-order valence-electron chi connectivity index (χ2n) is 4.73. The fourth-order valence-corrected chi connectivity index (χ4v) is 4.03. The van der Waals surface area contributed by atoms with Gasteiger partial charge in [0.2, 0.25) is 0 Å². The van der Waals surface area contributed by atoms with E-state index in [0.717, 1.165) is 22.4 Å². The van der Waals surface area contributed by atoms with Gasteiger partial charge >= 0.3 is 11.8 Å². The number of halogens is 1. The molecule has 2 amide bonds. The standard InChI is InChI=1S/C12H14BrN3O2S/c13-9-1-4-19-10(9)7-15-6-8-5-14-2-3-16(8)12(18)11(15)17/h1,4,8,14H,2-3,5-7H2. The molecule has 0 spiro atoms. The highest BCUT2D eigenvalue weighted by atomic mass is 79.9. The van der Waals surface area contributed by atoms with E-state index >= 15 is 0 Å². The van der Waals surface area contributed by atoms with Crippen molar-refractivity contribution >= 4 is 39.1 Å². The minimum atomic E-state index is -0.376. The van der Waals surface area contributed by atoms with E-state index in [2.05, 4.69) is 21.2 Å². The van der Waals surface area contributed by atoms with Crippen molar-refractivity contribution in [2.45, 2.75) is 12.6 Å². The first-order chi connectivity index (χ1) is 9.16. The van der Waals surface area contributed by atoms with Gasteiger partial charge in [-0.25, -0.2) is 0 Å². The van der Waals surface area contributed by atoms with E-state index in [0.29, 0.717) is 19.6 Å². The van der Waals surface area contributed by atoms with Gasteiger partial charge in [0.25, 0.3) is 0 Å². The summed E-state index contributed by atoms with van der Waals surface area (Å²) in [6.07, 6.45) is 0. The van der Waals surface area contributed by atoms with Crippen LogP contribution in [0.4, 0.5) is 0 Å². The first kappa shape index (κ1) is 13.1. The van der Waals surface area contributed by atoms with E-state index in [1.54, 1.807) is 21.1 Å². The zero-order valence-electron chi connectivity index (χ0n) is 10.3. The number of amides is 2. The molecule has 0 aromatic carbocycles. The van der Waals surface area contributed by atoms with Crippen LogP contribution in [0.1, 0.15) is 4.88 Å². The Balaban J connectivity index is 1.77. The second kappa shape index (κ2) is 5.22. The van der Waals surface area contributed by atoms with Crippen molar-refractivity contribution in [2.24, 2.45) is 0 Å². The van der Waals surface area contributed by atoms with Gasteiger partial charge in [0, 0.05) is 35.5 Å². The predicted octanol–water partition coefficient (Wildman–Crippen LogP) is 0.653. The molecule has 102 valence electrons. The molecule has 1 unspecified atom stereocenters. The molecule has 2 fully saturated rings. The molecular formula is C12H14BrN3O2S. The molecule has 5 nitrogen and oxygen atoms in total. The lowest BCUT2D eigenvalue weighted by atomic mass is 10.1. The van der Waals surface area contributed by atoms with Crippen LogP contribution in [0, 0.1) is 0 Å². The Labute approximate surface area is 123 Å². The maximum Gasteiger partial charge on any atom is 0.312 e. The van der Waals surface area contributed by atoms with Gasteiger partial charge in [-0.15, -0.1) is 11.3 Å². The molecule has 19 heavy (non-hydrogen) atoms. The van der Waals surface area contributed by atoms with Crippen LogP contribution >= 0.6 is 27.3 Å². The molecule has 2 aliphatic rings. The number of rotatable bonds is 2. The van der Waals surface area contributed by atoms with Crippen LogP contribution in [-0.4, -0.2) is 53.8 Å². The average Bonchev–Trinajstić information content (AvgIpc) is 2.81. The highest BCUT2D eigenvalue weighted by Crippen LogP contribution is 2.25. The molecule has 0 aliphatic carbocycles. The third-order valence-electron chi connectivity index (χ3n) is 3.54. The Kier molecular flexibility index (Phi) is 3.60. The van der Waals surface area contributed by atoms with Crippen LogP contribution in [0.5, 0.6) is 0 Å². The first-order valence-electron chi connectivity index (χ1n) is 6.19. The lowest BCUT2D eigenvalue weighted by Crippen LogP contribution is -2.65.